The summed E-state index contributed by atoms with van der Waals surface area (Å²) in [7, 11) is 0. The summed E-state index contributed by atoms with van der Waals surface area (Å²) in [6, 6.07) is 8.83. The topological polar surface area (TPSA) is 26.0 Å². The van der Waals surface area contributed by atoms with E-state index in [9.17, 15) is 0 Å². The highest BCUT2D eigenvalue weighted by molar-refractivity contribution is 5.31. The van der Waals surface area contributed by atoms with Crippen LogP contribution in [0.15, 0.2) is 35.9 Å². The number of allylic oxidation sites excluding steroid dienone is 1. The van der Waals surface area contributed by atoms with E-state index in [1.807, 2.05) is 0 Å². The van der Waals surface area contributed by atoms with Gasteiger partial charge in [0.05, 0.1) is 6.04 Å². The molecule has 0 amide bonds. The Kier molecular flexibility index (Phi) is 3.22. The van der Waals surface area contributed by atoms with Crippen molar-refractivity contribution in [3.63, 3.8) is 0 Å². The Morgan fingerprint density at radius 3 is 2.53 bits per heavy atom. The third-order valence-electron chi connectivity index (χ3n) is 3.22. The summed E-state index contributed by atoms with van der Waals surface area (Å²) < 4.78 is 0. The summed E-state index contributed by atoms with van der Waals surface area (Å²) in [5.41, 5.74) is 10.3. The van der Waals surface area contributed by atoms with Gasteiger partial charge in [-0.1, -0.05) is 42.8 Å². The van der Waals surface area contributed by atoms with Gasteiger partial charge in [-0.05, 0) is 36.8 Å². The van der Waals surface area contributed by atoms with Gasteiger partial charge in [0.2, 0.25) is 0 Å². The van der Waals surface area contributed by atoms with Crippen molar-refractivity contribution in [2.75, 3.05) is 0 Å². The van der Waals surface area contributed by atoms with E-state index in [4.69, 9.17) is 5.73 Å². The molecule has 1 heteroatoms. The highest BCUT2D eigenvalue weighted by Crippen LogP contribution is 2.28. The smallest absolute Gasteiger partial charge is 0.0510 e. The lowest BCUT2D eigenvalue weighted by Gasteiger charge is -2.13. The largest absolute Gasteiger partial charge is 0.321 e. The second-order valence-electron chi connectivity index (χ2n) is 4.24. The number of rotatable bonds is 3. The molecule has 1 unspecified atom stereocenters. The van der Waals surface area contributed by atoms with E-state index < -0.39 is 0 Å². The minimum absolute atomic E-state index is 0.124. The molecule has 80 valence electrons. The standard InChI is InChI=1S/C14H19N/c1-2-11-7-9-13(10-8-11)14(15)12-5-3-4-6-12/h5,7-10,14H,2-4,6,15H2,1H3. The summed E-state index contributed by atoms with van der Waals surface area (Å²) in [5, 5.41) is 0. The molecule has 0 aromatic heterocycles. The van der Waals surface area contributed by atoms with Crippen LogP contribution in [-0.2, 0) is 6.42 Å². The summed E-state index contributed by atoms with van der Waals surface area (Å²) in [4.78, 5) is 0. The van der Waals surface area contributed by atoms with E-state index in [2.05, 4.69) is 37.3 Å². The van der Waals surface area contributed by atoms with Crippen molar-refractivity contribution < 1.29 is 0 Å². The Bertz CT molecular complexity index is 348. The molecule has 0 spiro atoms. The van der Waals surface area contributed by atoms with Crippen molar-refractivity contribution in [3.05, 3.63) is 47.0 Å². The van der Waals surface area contributed by atoms with Crippen LogP contribution in [0.1, 0.15) is 43.4 Å². The Labute approximate surface area is 92.0 Å². The summed E-state index contributed by atoms with van der Waals surface area (Å²) in [6.07, 6.45) is 7.06. The van der Waals surface area contributed by atoms with Gasteiger partial charge in [0.1, 0.15) is 0 Å². The van der Waals surface area contributed by atoms with Crippen molar-refractivity contribution in [2.45, 2.75) is 38.6 Å². The summed E-state index contributed by atoms with van der Waals surface area (Å²) in [5.74, 6) is 0. The average Bonchev–Trinajstić information content (AvgIpc) is 2.82. The van der Waals surface area contributed by atoms with Crippen LogP contribution in [0.25, 0.3) is 0 Å². The van der Waals surface area contributed by atoms with E-state index in [1.54, 1.807) is 0 Å². The molecule has 0 bridgehead atoms. The fourth-order valence-electron chi connectivity index (χ4n) is 2.15. The van der Waals surface area contributed by atoms with E-state index in [0.29, 0.717) is 0 Å². The van der Waals surface area contributed by atoms with Crippen LogP contribution in [0.4, 0.5) is 0 Å². The second-order valence-corrected chi connectivity index (χ2v) is 4.24. The predicted octanol–water partition coefficient (Wildman–Crippen LogP) is 3.36. The van der Waals surface area contributed by atoms with Gasteiger partial charge in [-0.3, -0.25) is 0 Å². The average molecular weight is 201 g/mol. The fourth-order valence-corrected chi connectivity index (χ4v) is 2.15. The normalized spacial score (nSPS) is 17.6. The van der Waals surface area contributed by atoms with Crippen molar-refractivity contribution in [1.29, 1.82) is 0 Å². The van der Waals surface area contributed by atoms with Crippen LogP contribution in [-0.4, -0.2) is 0 Å². The van der Waals surface area contributed by atoms with Gasteiger partial charge in [0.15, 0.2) is 0 Å². The van der Waals surface area contributed by atoms with Crippen molar-refractivity contribution in [2.24, 2.45) is 5.73 Å². The van der Waals surface area contributed by atoms with Gasteiger partial charge in [-0.25, -0.2) is 0 Å². The minimum atomic E-state index is 0.124. The molecule has 0 radical (unpaired) electrons. The van der Waals surface area contributed by atoms with Crippen LogP contribution in [0, 0.1) is 0 Å². The first-order valence-electron chi connectivity index (χ1n) is 5.84. The number of nitrogens with two attached hydrogens (primary N) is 1. The van der Waals surface area contributed by atoms with Crippen LogP contribution in [0.5, 0.6) is 0 Å². The first-order chi connectivity index (χ1) is 7.31. The van der Waals surface area contributed by atoms with E-state index in [0.717, 1.165) is 6.42 Å². The zero-order valence-electron chi connectivity index (χ0n) is 9.37. The molecule has 1 nitrogen and oxygen atoms in total. The third kappa shape index (κ3) is 2.29. The van der Waals surface area contributed by atoms with Crippen molar-refractivity contribution in [1.82, 2.24) is 0 Å². The number of hydrogen-bond donors (Lipinski definition) is 1. The monoisotopic (exact) mass is 201 g/mol. The SMILES string of the molecule is CCc1ccc(C(N)C2=CCCC2)cc1. The molecule has 1 aliphatic rings. The lowest BCUT2D eigenvalue weighted by atomic mass is 9.98. The second kappa shape index (κ2) is 4.63. The molecule has 0 aliphatic heterocycles. The predicted molar refractivity (Wildman–Crippen MR) is 64.7 cm³/mol. The van der Waals surface area contributed by atoms with Crippen LogP contribution < -0.4 is 5.73 Å². The zero-order valence-corrected chi connectivity index (χ0v) is 9.37. The molecular weight excluding hydrogens is 182 g/mol. The number of benzene rings is 1. The summed E-state index contributed by atoms with van der Waals surface area (Å²) in [6.45, 7) is 2.18. The highest BCUT2D eigenvalue weighted by Gasteiger charge is 2.14. The number of aryl methyl sites for hydroxylation is 1. The van der Waals surface area contributed by atoms with Crippen molar-refractivity contribution in [3.8, 4) is 0 Å². The lowest BCUT2D eigenvalue weighted by Crippen LogP contribution is -2.12. The fraction of sp³-hybridized carbons (Fsp3) is 0.429. The maximum atomic E-state index is 6.22. The van der Waals surface area contributed by atoms with E-state index in [1.165, 1.54) is 36.0 Å². The molecule has 1 atom stereocenters. The maximum absolute atomic E-state index is 6.22. The molecular formula is C14H19N. The Morgan fingerprint density at radius 2 is 2.00 bits per heavy atom. The van der Waals surface area contributed by atoms with Gasteiger partial charge in [-0.2, -0.15) is 0 Å². The zero-order chi connectivity index (χ0) is 10.7. The molecule has 0 heterocycles. The highest BCUT2D eigenvalue weighted by atomic mass is 14.6. The molecule has 1 aliphatic carbocycles. The Balaban J connectivity index is 2.14. The van der Waals surface area contributed by atoms with E-state index >= 15 is 0 Å². The first-order valence-corrected chi connectivity index (χ1v) is 5.84. The Hall–Kier alpha value is -1.08. The van der Waals surface area contributed by atoms with Crippen LogP contribution in [0.2, 0.25) is 0 Å². The van der Waals surface area contributed by atoms with E-state index in [-0.39, 0.29) is 6.04 Å². The Morgan fingerprint density at radius 1 is 1.27 bits per heavy atom. The molecule has 2 rings (SSSR count). The quantitative estimate of drug-likeness (QED) is 0.746. The van der Waals surface area contributed by atoms with Gasteiger partial charge >= 0.3 is 0 Å². The molecule has 0 saturated heterocycles. The lowest BCUT2D eigenvalue weighted by molar-refractivity contribution is 0.784. The maximum Gasteiger partial charge on any atom is 0.0510 e. The van der Waals surface area contributed by atoms with Crippen molar-refractivity contribution >= 4 is 0 Å². The molecule has 2 N–H and O–H groups in total. The third-order valence-corrected chi connectivity index (χ3v) is 3.22. The van der Waals surface area contributed by atoms with Gasteiger partial charge < -0.3 is 5.73 Å². The molecule has 1 aromatic rings. The first kappa shape index (κ1) is 10.4. The van der Waals surface area contributed by atoms with Crippen LogP contribution in [0.3, 0.4) is 0 Å². The summed E-state index contributed by atoms with van der Waals surface area (Å²) >= 11 is 0. The van der Waals surface area contributed by atoms with Gasteiger partial charge in [0.25, 0.3) is 0 Å². The van der Waals surface area contributed by atoms with Gasteiger partial charge in [-0.15, -0.1) is 0 Å². The van der Waals surface area contributed by atoms with Gasteiger partial charge in [0, 0.05) is 0 Å². The molecule has 0 fully saturated rings. The van der Waals surface area contributed by atoms with Crippen LogP contribution >= 0.6 is 0 Å². The molecule has 0 saturated carbocycles. The number of hydrogen-bond acceptors (Lipinski definition) is 1. The minimum Gasteiger partial charge on any atom is -0.321 e. The molecule has 1 aromatic carbocycles. The molecule has 15 heavy (non-hydrogen) atoms.